The number of rotatable bonds is 3. The summed E-state index contributed by atoms with van der Waals surface area (Å²) in [4.78, 5) is 14.6. The van der Waals surface area contributed by atoms with E-state index in [0.717, 1.165) is 0 Å². The van der Waals surface area contributed by atoms with Crippen LogP contribution in [0.5, 0.6) is 0 Å². The van der Waals surface area contributed by atoms with Crippen LogP contribution in [0.25, 0.3) is 5.70 Å². The Morgan fingerprint density at radius 1 is 1.71 bits per heavy atom. The third-order valence-corrected chi connectivity index (χ3v) is 1.71. The van der Waals surface area contributed by atoms with Gasteiger partial charge in [0.05, 0.1) is 0 Å². The number of hydrogen-bond acceptors (Lipinski definition) is 3. The van der Waals surface area contributed by atoms with Gasteiger partial charge in [-0.25, -0.2) is 4.98 Å². The van der Waals surface area contributed by atoms with Crippen molar-refractivity contribution in [3.63, 3.8) is 0 Å². The van der Waals surface area contributed by atoms with Gasteiger partial charge in [-0.2, -0.15) is 0 Å². The topological polar surface area (TPSA) is 86.9 Å². The highest BCUT2D eigenvalue weighted by atomic mass is 16.1. The molecule has 5 nitrogen and oxygen atoms in total. The van der Waals surface area contributed by atoms with Gasteiger partial charge in [-0.15, -0.1) is 0 Å². The number of nitrogens with two attached hydrogens (primary N) is 2. The molecule has 4 N–H and O–H groups in total. The van der Waals surface area contributed by atoms with E-state index in [-0.39, 0.29) is 11.5 Å². The summed E-state index contributed by atoms with van der Waals surface area (Å²) < 4.78 is 1.50. The maximum atomic E-state index is 10.8. The fourth-order valence-electron chi connectivity index (χ4n) is 1.05. The highest BCUT2D eigenvalue weighted by Crippen LogP contribution is 2.14. The first-order chi connectivity index (χ1) is 6.57. The van der Waals surface area contributed by atoms with Crippen LogP contribution in [0, 0.1) is 0 Å². The molecule has 0 spiro atoms. The Morgan fingerprint density at radius 2 is 2.36 bits per heavy atom. The summed E-state index contributed by atoms with van der Waals surface area (Å²) in [6.45, 7) is 5.61. The molecule has 1 heterocycles. The number of carbonyl (C=O) groups excluding carboxylic acids is 1. The van der Waals surface area contributed by atoms with E-state index in [4.69, 9.17) is 11.5 Å². The van der Waals surface area contributed by atoms with Crippen molar-refractivity contribution < 1.29 is 4.79 Å². The van der Waals surface area contributed by atoms with Crippen molar-refractivity contribution in [2.45, 2.75) is 6.92 Å². The number of primary amides is 1. The highest BCUT2D eigenvalue weighted by Gasteiger charge is 2.12. The summed E-state index contributed by atoms with van der Waals surface area (Å²) >= 11 is 0. The van der Waals surface area contributed by atoms with Crippen molar-refractivity contribution in [3.05, 3.63) is 30.8 Å². The summed E-state index contributed by atoms with van der Waals surface area (Å²) in [6, 6.07) is 0. The molecule has 0 saturated carbocycles. The smallest absolute Gasteiger partial charge is 0.271 e. The first-order valence-corrected chi connectivity index (χ1v) is 4.02. The van der Waals surface area contributed by atoms with Gasteiger partial charge in [0.2, 0.25) is 0 Å². The van der Waals surface area contributed by atoms with Crippen molar-refractivity contribution in [1.82, 2.24) is 9.55 Å². The average Bonchev–Trinajstić information content (AvgIpc) is 2.47. The zero-order valence-corrected chi connectivity index (χ0v) is 7.90. The van der Waals surface area contributed by atoms with E-state index in [9.17, 15) is 4.79 Å². The van der Waals surface area contributed by atoms with Crippen LogP contribution in [0.2, 0.25) is 0 Å². The minimum Gasteiger partial charge on any atom is -0.383 e. The van der Waals surface area contributed by atoms with Crippen molar-refractivity contribution in [3.8, 4) is 0 Å². The summed E-state index contributed by atoms with van der Waals surface area (Å²) in [5.41, 5.74) is 11.4. The quantitative estimate of drug-likeness (QED) is 0.688. The first-order valence-electron chi connectivity index (χ1n) is 4.02. The lowest BCUT2D eigenvalue weighted by atomic mass is 10.4. The zero-order chi connectivity index (χ0) is 10.7. The van der Waals surface area contributed by atoms with Gasteiger partial charge in [0.15, 0.2) is 5.69 Å². The van der Waals surface area contributed by atoms with Crippen molar-refractivity contribution in [2.75, 3.05) is 5.73 Å². The lowest BCUT2D eigenvalue weighted by molar-refractivity contribution is 0.0997. The number of aromatic nitrogens is 2. The molecular weight excluding hydrogens is 180 g/mol. The number of anilines is 1. The lowest BCUT2D eigenvalue weighted by Gasteiger charge is -2.03. The fourth-order valence-corrected chi connectivity index (χ4v) is 1.05. The van der Waals surface area contributed by atoms with E-state index < -0.39 is 5.91 Å². The molecule has 74 valence electrons. The van der Waals surface area contributed by atoms with Crippen LogP contribution in [-0.2, 0) is 0 Å². The molecule has 0 radical (unpaired) electrons. The Labute approximate surface area is 81.7 Å². The van der Waals surface area contributed by atoms with Gasteiger partial charge in [-0.1, -0.05) is 12.7 Å². The van der Waals surface area contributed by atoms with Crippen LogP contribution < -0.4 is 11.5 Å². The second kappa shape index (κ2) is 3.78. The highest BCUT2D eigenvalue weighted by molar-refractivity contribution is 5.95. The van der Waals surface area contributed by atoms with E-state index in [1.165, 1.54) is 10.9 Å². The van der Waals surface area contributed by atoms with Gasteiger partial charge in [0.1, 0.15) is 12.1 Å². The summed E-state index contributed by atoms with van der Waals surface area (Å²) in [5, 5.41) is 0. The molecule has 1 rings (SSSR count). The van der Waals surface area contributed by atoms with E-state index >= 15 is 0 Å². The second-order valence-corrected chi connectivity index (χ2v) is 2.70. The van der Waals surface area contributed by atoms with Crippen LogP contribution >= 0.6 is 0 Å². The van der Waals surface area contributed by atoms with E-state index in [2.05, 4.69) is 11.6 Å². The number of nitrogen functional groups attached to an aromatic ring is 1. The number of allylic oxidation sites excluding steroid dienone is 3. The number of amides is 1. The van der Waals surface area contributed by atoms with Crippen molar-refractivity contribution in [2.24, 2.45) is 5.73 Å². The molecule has 1 amide bonds. The molecule has 0 unspecified atom stereocenters. The van der Waals surface area contributed by atoms with Gasteiger partial charge >= 0.3 is 0 Å². The normalized spacial score (nSPS) is 10.6. The van der Waals surface area contributed by atoms with Crippen molar-refractivity contribution >= 4 is 17.4 Å². The fraction of sp³-hybridized carbons (Fsp3) is 0.111. The lowest BCUT2D eigenvalue weighted by Crippen LogP contribution is -2.14. The largest absolute Gasteiger partial charge is 0.383 e. The molecule has 5 heteroatoms. The van der Waals surface area contributed by atoms with E-state index in [1.54, 1.807) is 6.08 Å². The minimum absolute atomic E-state index is 0.0654. The predicted octanol–water partition coefficient (Wildman–Crippen LogP) is 0.611. The van der Waals surface area contributed by atoms with E-state index in [1.807, 2.05) is 13.0 Å². The third kappa shape index (κ3) is 1.66. The average molecular weight is 192 g/mol. The molecule has 0 saturated heterocycles. The van der Waals surface area contributed by atoms with Gasteiger partial charge in [-0.05, 0) is 13.0 Å². The maximum absolute atomic E-state index is 10.8. The number of carbonyl (C=O) groups is 1. The standard InChI is InChI=1S/C9H12N4O/c1-3-4-6(2)13-5-12-7(8(13)10)9(11)14/h3-5H,2,10H2,1H3,(H2,11,14)/b4-3-. The molecule has 0 bridgehead atoms. The van der Waals surface area contributed by atoms with Gasteiger partial charge in [0, 0.05) is 5.70 Å². The molecule has 14 heavy (non-hydrogen) atoms. The second-order valence-electron chi connectivity index (χ2n) is 2.70. The molecular formula is C9H12N4O. The molecule has 1 aromatic heterocycles. The summed E-state index contributed by atoms with van der Waals surface area (Å²) in [5.74, 6) is -0.435. The third-order valence-electron chi connectivity index (χ3n) is 1.71. The summed E-state index contributed by atoms with van der Waals surface area (Å²) in [7, 11) is 0. The number of nitrogens with zero attached hydrogens (tertiary/aromatic N) is 2. The summed E-state index contributed by atoms with van der Waals surface area (Å²) in [6.07, 6.45) is 4.98. The maximum Gasteiger partial charge on any atom is 0.271 e. The van der Waals surface area contributed by atoms with Crippen LogP contribution in [0.4, 0.5) is 5.82 Å². The molecule has 0 fully saturated rings. The minimum atomic E-state index is -0.644. The van der Waals surface area contributed by atoms with Crippen LogP contribution in [0.1, 0.15) is 17.4 Å². The Balaban J connectivity index is 3.13. The monoisotopic (exact) mass is 192 g/mol. The van der Waals surface area contributed by atoms with Gasteiger partial charge in [-0.3, -0.25) is 9.36 Å². The van der Waals surface area contributed by atoms with Crippen LogP contribution in [-0.4, -0.2) is 15.5 Å². The molecule has 0 atom stereocenters. The van der Waals surface area contributed by atoms with Gasteiger partial charge < -0.3 is 11.5 Å². The SMILES string of the molecule is C=C(/C=C\C)n1cnc(C(N)=O)c1N. The molecule has 0 aromatic carbocycles. The Kier molecular flexibility index (Phi) is 2.71. The molecule has 1 aromatic rings. The van der Waals surface area contributed by atoms with E-state index in [0.29, 0.717) is 5.70 Å². The zero-order valence-electron chi connectivity index (χ0n) is 7.90. The molecule has 0 aliphatic rings. The Bertz CT molecular complexity index is 403. The number of imidazole rings is 1. The number of hydrogen-bond donors (Lipinski definition) is 2. The molecule has 0 aliphatic heterocycles. The molecule has 0 aliphatic carbocycles. The van der Waals surface area contributed by atoms with Crippen molar-refractivity contribution in [1.29, 1.82) is 0 Å². The Morgan fingerprint density at radius 3 is 2.79 bits per heavy atom. The van der Waals surface area contributed by atoms with Gasteiger partial charge in [0.25, 0.3) is 5.91 Å². The van der Waals surface area contributed by atoms with Crippen LogP contribution in [0.3, 0.4) is 0 Å². The van der Waals surface area contributed by atoms with Crippen LogP contribution in [0.15, 0.2) is 25.1 Å². The predicted molar refractivity (Wildman–Crippen MR) is 55.3 cm³/mol. The first kappa shape index (κ1) is 10.0. The Hall–Kier alpha value is -2.04.